The highest BCUT2D eigenvalue weighted by molar-refractivity contribution is 7.16. The number of nitrogens with zero attached hydrogens (tertiary/aromatic N) is 3. The minimum Gasteiger partial charge on any atom is -0.242 e. The highest BCUT2D eigenvalue weighted by atomic mass is 32.1. The summed E-state index contributed by atoms with van der Waals surface area (Å²) in [5.41, 5.74) is 4.69. The Hall–Kier alpha value is -1.07. The van der Waals surface area contributed by atoms with Crippen LogP contribution in [0.1, 0.15) is 0 Å². The van der Waals surface area contributed by atoms with Crippen LogP contribution in [0.25, 0.3) is 21.3 Å². The maximum atomic E-state index is 4.24. The Bertz CT molecular complexity index is 490. The first kappa shape index (κ1) is 6.45. The molecule has 1 aromatic carbocycles. The fourth-order valence-corrected chi connectivity index (χ4v) is 2.39. The van der Waals surface area contributed by atoms with E-state index in [-0.39, 0.29) is 0 Å². The Morgan fingerprint density at radius 3 is 3.08 bits per heavy atom. The third-order valence-electron chi connectivity index (χ3n) is 1.73. The summed E-state index contributed by atoms with van der Waals surface area (Å²) in [5, 5.41) is 0. The summed E-state index contributed by atoms with van der Waals surface area (Å²) in [6.07, 6.45) is 0. The maximum Gasteiger partial charge on any atom is 0.131 e. The van der Waals surface area contributed by atoms with Crippen molar-refractivity contribution in [2.75, 3.05) is 0 Å². The van der Waals surface area contributed by atoms with Gasteiger partial charge in [-0.25, -0.2) is 4.98 Å². The van der Waals surface area contributed by atoms with Crippen LogP contribution < -0.4 is 0 Å². The van der Waals surface area contributed by atoms with Crippen LogP contribution >= 0.6 is 23.1 Å². The van der Waals surface area contributed by atoms with Crippen LogP contribution in [0.3, 0.4) is 0 Å². The lowest BCUT2D eigenvalue weighted by Gasteiger charge is -1.86. The first-order chi connectivity index (χ1) is 5.95. The zero-order valence-corrected chi connectivity index (χ0v) is 7.52. The number of rotatable bonds is 0. The number of fused-ring (bicyclic) bond motifs is 3. The predicted molar refractivity (Wildman–Crippen MR) is 50.6 cm³/mol. The number of benzene rings is 1. The molecule has 0 saturated carbocycles. The normalized spacial score (nSPS) is 11.3. The minimum atomic E-state index is 0.929. The summed E-state index contributed by atoms with van der Waals surface area (Å²) < 4.78 is 9.51. The molecular weight excluding hydrogens is 190 g/mol. The number of hydrogen-bond donors (Lipinski definition) is 0. The van der Waals surface area contributed by atoms with E-state index in [0.717, 1.165) is 16.6 Å². The van der Waals surface area contributed by atoms with E-state index < -0.39 is 0 Å². The van der Waals surface area contributed by atoms with Gasteiger partial charge in [0.05, 0.1) is 21.9 Å². The third kappa shape index (κ3) is 0.720. The van der Waals surface area contributed by atoms with Gasteiger partial charge in [-0.15, -0.1) is 11.3 Å². The first-order valence-corrected chi connectivity index (χ1v) is 5.00. The lowest BCUT2D eigenvalue weighted by Crippen LogP contribution is -1.71. The zero-order valence-electron chi connectivity index (χ0n) is 5.89. The highest BCUT2D eigenvalue weighted by Gasteiger charge is 2.05. The largest absolute Gasteiger partial charge is 0.242 e. The second kappa shape index (κ2) is 2.21. The van der Waals surface area contributed by atoms with Crippen molar-refractivity contribution in [3.63, 3.8) is 0 Å². The predicted octanol–water partition coefficient (Wildman–Crippen LogP) is 2.30. The van der Waals surface area contributed by atoms with Gasteiger partial charge in [-0.3, -0.25) is 0 Å². The standard InChI is InChI=1S/C7H3N3S2/c1-2-5-7(8-3-11-5)6-4(1)9-12-10-6/h1-3H. The van der Waals surface area contributed by atoms with E-state index >= 15 is 0 Å². The van der Waals surface area contributed by atoms with Crippen molar-refractivity contribution in [3.05, 3.63) is 17.6 Å². The molecule has 3 aromatic rings. The molecule has 58 valence electrons. The summed E-state index contributed by atoms with van der Waals surface area (Å²) in [6.45, 7) is 0. The summed E-state index contributed by atoms with van der Waals surface area (Å²) in [6, 6.07) is 4.02. The Morgan fingerprint density at radius 2 is 2.08 bits per heavy atom. The highest BCUT2D eigenvalue weighted by Crippen LogP contribution is 2.24. The van der Waals surface area contributed by atoms with E-state index in [2.05, 4.69) is 13.7 Å². The van der Waals surface area contributed by atoms with Crippen LogP contribution in [0.5, 0.6) is 0 Å². The first-order valence-electron chi connectivity index (χ1n) is 3.39. The summed E-state index contributed by atoms with van der Waals surface area (Å²) in [4.78, 5) is 4.24. The fraction of sp³-hybridized carbons (Fsp3) is 0. The van der Waals surface area contributed by atoms with Crippen molar-refractivity contribution in [2.24, 2.45) is 0 Å². The van der Waals surface area contributed by atoms with Gasteiger partial charge in [0.1, 0.15) is 16.6 Å². The molecule has 0 atom stereocenters. The lowest BCUT2D eigenvalue weighted by atomic mass is 10.3. The second-order valence-corrected chi connectivity index (χ2v) is 3.81. The molecule has 12 heavy (non-hydrogen) atoms. The van der Waals surface area contributed by atoms with Gasteiger partial charge in [0.2, 0.25) is 0 Å². The number of hydrogen-bond acceptors (Lipinski definition) is 5. The van der Waals surface area contributed by atoms with Crippen LogP contribution in [0.15, 0.2) is 17.6 Å². The number of aromatic nitrogens is 3. The monoisotopic (exact) mass is 193 g/mol. The quantitative estimate of drug-likeness (QED) is 0.550. The van der Waals surface area contributed by atoms with Crippen molar-refractivity contribution in [3.8, 4) is 0 Å². The molecule has 0 aliphatic carbocycles. The Kier molecular flexibility index (Phi) is 1.19. The average molecular weight is 193 g/mol. The summed E-state index contributed by atoms with van der Waals surface area (Å²) in [5.74, 6) is 0. The molecule has 5 heteroatoms. The molecule has 0 amide bonds. The van der Waals surface area contributed by atoms with Crippen molar-refractivity contribution in [1.82, 2.24) is 13.7 Å². The fourth-order valence-electron chi connectivity index (χ4n) is 1.18. The topological polar surface area (TPSA) is 38.7 Å². The van der Waals surface area contributed by atoms with E-state index in [4.69, 9.17) is 0 Å². The third-order valence-corrected chi connectivity index (χ3v) is 3.06. The summed E-state index contributed by atoms with van der Waals surface area (Å²) in [7, 11) is 0. The van der Waals surface area contributed by atoms with Crippen LogP contribution in [0, 0.1) is 0 Å². The smallest absolute Gasteiger partial charge is 0.131 e. The maximum absolute atomic E-state index is 4.24. The SMILES string of the molecule is c1nc2c(ccc3nsnc32)s1. The van der Waals surface area contributed by atoms with Gasteiger partial charge in [0.15, 0.2) is 0 Å². The minimum absolute atomic E-state index is 0.929. The molecule has 3 rings (SSSR count). The van der Waals surface area contributed by atoms with Crippen LogP contribution in [-0.2, 0) is 0 Å². The van der Waals surface area contributed by atoms with Gasteiger partial charge in [0.25, 0.3) is 0 Å². The van der Waals surface area contributed by atoms with E-state index in [1.165, 1.54) is 16.4 Å². The van der Waals surface area contributed by atoms with Crippen molar-refractivity contribution < 1.29 is 0 Å². The van der Waals surface area contributed by atoms with Gasteiger partial charge >= 0.3 is 0 Å². The Labute approximate surface area is 76.0 Å². The molecule has 0 aliphatic heterocycles. The van der Waals surface area contributed by atoms with Crippen molar-refractivity contribution >= 4 is 44.3 Å². The van der Waals surface area contributed by atoms with Gasteiger partial charge in [-0.05, 0) is 12.1 Å². The Balaban J connectivity index is 2.71. The number of thiazole rings is 1. The van der Waals surface area contributed by atoms with Gasteiger partial charge < -0.3 is 0 Å². The average Bonchev–Trinajstić information content (AvgIpc) is 2.71. The van der Waals surface area contributed by atoms with E-state index in [9.17, 15) is 0 Å². The second-order valence-electron chi connectivity index (χ2n) is 2.40. The molecule has 0 N–H and O–H groups in total. The molecular formula is C7H3N3S2. The molecule has 0 fully saturated rings. The zero-order chi connectivity index (χ0) is 7.97. The molecule has 2 aromatic heterocycles. The molecule has 0 radical (unpaired) electrons. The van der Waals surface area contributed by atoms with Gasteiger partial charge in [-0.2, -0.15) is 8.75 Å². The molecule has 0 unspecified atom stereocenters. The Morgan fingerprint density at radius 1 is 1.08 bits per heavy atom. The van der Waals surface area contributed by atoms with E-state index in [1.807, 2.05) is 17.6 Å². The van der Waals surface area contributed by atoms with E-state index in [1.54, 1.807) is 11.3 Å². The van der Waals surface area contributed by atoms with Crippen LogP contribution in [0.4, 0.5) is 0 Å². The van der Waals surface area contributed by atoms with Gasteiger partial charge in [0, 0.05) is 0 Å². The molecule has 0 saturated heterocycles. The van der Waals surface area contributed by atoms with Gasteiger partial charge in [-0.1, -0.05) is 0 Å². The van der Waals surface area contributed by atoms with E-state index in [0.29, 0.717) is 0 Å². The summed E-state index contributed by atoms with van der Waals surface area (Å²) >= 11 is 2.87. The van der Waals surface area contributed by atoms with Crippen molar-refractivity contribution in [2.45, 2.75) is 0 Å². The van der Waals surface area contributed by atoms with Crippen LogP contribution in [0.2, 0.25) is 0 Å². The molecule has 0 spiro atoms. The molecule has 2 heterocycles. The lowest BCUT2D eigenvalue weighted by molar-refractivity contribution is 1.50. The van der Waals surface area contributed by atoms with Crippen LogP contribution in [-0.4, -0.2) is 13.7 Å². The molecule has 0 bridgehead atoms. The molecule has 0 aliphatic rings. The van der Waals surface area contributed by atoms with Crippen molar-refractivity contribution in [1.29, 1.82) is 0 Å². The molecule has 3 nitrogen and oxygen atoms in total.